The zero-order valence-corrected chi connectivity index (χ0v) is 27.6. The molecular weight excluding hydrogens is 615 g/mol. The number of benzene rings is 6. The summed E-state index contributed by atoms with van der Waals surface area (Å²) in [5.41, 5.74) is 10.2. The molecule has 2 aromatic heterocycles. The second-order valence-corrected chi connectivity index (χ2v) is 13.4. The van der Waals surface area contributed by atoms with Crippen LogP contribution in [0.15, 0.2) is 164 Å². The zero-order valence-electron chi connectivity index (χ0n) is 26.8. The number of fused-ring (bicyclic) bond motifs is 3. The Morgan fingerprint density at radius 2 is 1.00 bits per heavy atom. The molecule has 232 valence electrons. The van der Waals surface area contributed by atoms with Crippen LogP contribution in [-0.4, -0.2) is 15.0 Å². The van der Waals surface area contributed by atoms with Crippen molar-refractivity contribution in [2.45, 2.75) is 12.8 Å². The van der Waals surface area contributed by atoms with Gasteiger partial charge in [-0.1, -0.05) is 146 Å². The average Bonchev–Trinajstić information content (AvgIpc) is 3.57. The Morgan fingerprint density at radius 3 is 1.65 bits per heavy atom. The van der Waals surface area contributed by atoms with Gasteiger partial charge in [-0.25, -0.2) is 15.0 Å². The Balaban J connectivity index is 1.22. The Labute approximate surface area is 289 Å². The topological polar surface area (TPSA) is 38.7 Å². The van der Waals surface area contributed by atoms with E-state index in [9.17, 15) is 0 Å². The molecule has 9 rings (SSSR count). The molecule has 0 fully saturated rings. The monoisotopic (exact) mass is 645 g/mol. The highest BCUT2D eigenvalue weighted by atomic mass is 32.1. The molecular formula is C45H31N3S. The normalized spacial score (nSPS) is 12.8. The van der Waals surface area contributed by atoms with Gasteiger partial charge < -0.3 is 0 Å². The fourth-order valence-electron chi connectivity index (χ4n) is 6.71. The molecule has 8 aromatic rings. The minimum absolute atomic E-state index is 0.654. The maximum Gasteiger partial charge on any atom is 0.164 e. The third-order valence-corrected chi connectivity index (χ3v) is 10.4. The van der Waals surface area contributed by atoms with Crippen LogP contribution in [0.1, 0.15) is 18.4 Å². The summed E-state index contributed by atoms with van der Waals surface area (Å²) >= 11 is 1.81. The molecule has 0 radical (unpaired) electrons. The number of thiophene rings is 1. The predicted octanol–water partition coefficient (Wildman–Crippen LogP) is 12.3. The molecule has 0 unspecified atom stereocenters. The number of rotatable bonds is 6. The van der Waals surface area contributed by atoms with E-state index in [1.807, 2.05) is 17.4 Å². The van der Waals surface area contributed by atoms with Gasteiger partial charge in [0.05, 0.1) is 0 Å². The Morgan fingerprint density at radius 1 is 0.449 bits per heavy atom. The van der Waals surface area contributed by atoms with Crippen LogP contribution in [0.25, 0.3) is 82.2 Å². The molecule has 0 amide bonds. The molecule has 4 heteroatoms. The van der Waals surface area contributed by atoms with E-state index in [-0.39, 0.29) is 0 Å². The quantitative estimate of drug-likeness (QED) is 0.181. The van der Waals surface area contributed by atoms with Crippen LogP contribution in [0, 0.1) is 0 Å². The third kappa shape index (κ3) is 5.67. The van der Waals surface area contributed by atoms with Gasteiger partial charge in [-0.15, -0.1) is 11.3 Å². The van der Waals surface area contributed by atoms with Crippen molar-refractivity contribution in [1.29, 1.82) is 0 Å². The van der Waals surface area contributed by atoms with Gasteiger partial charge in [-0.3, -0.25) is 0 Å². The molecule has 0 spiro atoms. The standard InChI is InChI=1S/C45H31N3S/c1-4-12-30(13-5-1)32-20-24-35(25-21-32)43-46-44(36-26-22-33(23-27-36)31-14-6-2-7-15-31)48-45(47-43)37-28-39(34-16-8-3-9-17-34)42-38-18-10-11-19-40(38)49-41(42)29-37/h1-6,8-14,16-29H,7,15H2. The van der Waals surface area contributed by atoms with Gasteiger partial charge in [-0.05, 0) is 64.4 Å². The highest BCUT2D eigenvalue weighted by Gasteiger charge is 2.18. The molecule has 3 nitrogen and oxygen atoms in total. The average molecular weight is 646 g/mol. The molecule has 1 aliphatic rings. The molecule has 0 bridgehead atoms. The van der Waals surface area contributed by atoms with E-state index in [1.54, 1.807) is 0 Å². The van der Waals surface area contributed by atoms with E-state index < -0.39 is 0 Å². The lowest BCUT2D eigenvalue weighted by Gasteiger charge is -2.12. The number of hydrogen-bond acceptors (Lipinski definition) is 4. The van der Waals surface area contributed by atoms with Crippen LogP contribution in [-0.2, 0) is 0 Å². The molecule has 6 aromatic carbocycles. The van der Waals surface area contributed by atoms with Crippen molar-refractivity contribution >= 4 is 37.1 Å². The minimum atomic E-state index is 0.654. The highest BCUT2D eigenvalue weighted by molar-refractivity contribution is 7.26. The number of allylic oxidation sites excluding steroid dienone is 4. The summed E-state index contributed by atoms with van der Waals surface area (Å²) in [6.45, 7) is 0. The lowest BCUT2D eigenvalue weighted by atomic mass is 9.96. The van der Waals surface area contributed by atoms with Crippen molar-refractivity contribution in [3.8, 4) is 56.4 Å². The number of hydrogen-bond donors (Lipinski definition) is 0. The van der Waals surface area contributed by atoms with Crippen LogP contribution < -0.4 is 0 Å². The van der Waals surface area contributed by atoms with E-state index in [0.717, 1.165) is 35.1 Å². The Hall–Kier alpha value is -5.97. The SMILES string of the molecule is C1=CCCC(c2ccc(-c3nc(-c4ccc(-c5ccccc5)cc4)nc(-c4cc(-c5ccccc5)c5c(c4)sc4ccccc45)n3)cc2)=C1. The molecule has 1 aliphatic carbocycles. The smallest absolute Gasteiger partial charge is 0.164 e. The van der Waals surface area contributed by atoms with Crippen LogP contribution in [0.3, 0.4) is 0 Å². The Bertz CT molecular complexity index is 2510. The van der Waals surface area contributed by atoms with Gasteiger partial charge >= 0.3 is 0 Å². The fourth-order valence-corrected chi connectivity index (χ4v) is 7.88. The largest absolute Gasteiger partial charge is 0.208 e. The van der Waals surface area contributed by atoms with E-state index in [2.05, 4.69) is 158 Å². The van der Waals surface area contributed by atoms with Crippen LogP contribution >= 0.6 is 11.3 Å². The van der Waals surface area contributed by atoms with Crippen molar-refractivity contribution < 1.29 is 0 Å². The summed E-state index contributed by atoms with van der Waals surface area (Å²) < 4.78 is 2.48. The molecule has 0 saturated heterocycles. The molecule has 0 saturated carbocycles. The maximum absolute atomic E-state index is 5.16. The van der Waals surface area contributed by atoms with E-state index in [4.69, 9.17) is 15.0 Å². The van der Waals surface area contributed by atoms with Gasteiger partial charge in [0.25, 0.3) is 0 Å². The van der Waals surface area contributed by atoms with Gasteiger partial charge in [0, 0.05) is 36.9 Å². The Kier molecular flexibility index (Phi) is 7.49. The predicted molar refractivity (Wildman–Crippen MR) is 206 cm³/mol. The summed E-state index contributed by atoms with van der Waals surface area (Å²) in [4.78, 5) is 15.4. The molecule has 0 aliphatic heterocycles. The first-order chi connectivity index (χ1) is 24.3. The summed E-state index contributed by atoms with van der Waals surface area (Å²) in [6, 6.07) is 51.4. The maximum atomic E-state index is 5.16. The van der Waals surface area contributed by atoms with Gasteiger partial charge in [0.15, 0.2) is 17.5 Å². The molecule has 2 heterocycles. The first kappa shape index (κ1) is 29.2. The van der Waals surface area contributed by atoms with Crippen molar-refractivity contribution in [1.82, 2.24) is 15.0 Å². The number of nitrogens with zero attached hydrogens (tertiary/aromatic N) is 3. The second-order valence-electron chi connectivity index (χ2n) is 12.3. The summed E-state index contributed by atoms with van der Waals surface area (Å²) in [5.74, 6) is 1.98. The van der Waals surface area contributed by atoms with Gasteiger partial charge in [0.2, 0.25) is 0 Å². The second kappa shape index (κ2) is 12.6. The van der Waals surface area contributed by atoms with Gasteiger partial charge in [-0.2, -0.15) is 0 Å². The van der Waals surface area contributed by atoms with Crippen molar-refractivity contribution in [3.05, 3.63) is 169 Å². The lowest BCUT2D eigenvalue weighted by Crippen LogP contribution is -2.00. The van der Waals surface area contributed by atoms with E-state index in [0.29, 0.717) is 17.5 Å². The van der Waals surface area contributed by atoms with Gasteiger partial charge in [0.1, 0.15) is 0 Å². The minimum Gasteiger partial charge on any atom is -0.208 e. The summed E-state index contributed by atoms with van der Waals surface area (Å²) in [5, 5.41) is 2.54. The molecule has 0 N–H and O–H groups in total. The zero-order chi connectivity index (χ0) is 32.6. The van der Waals surface area contributed by atoms with Crippen molar-refractivity contribution in [3.63, 3.8) is 0 Å². The highest BCUT2D eigenvalue weighted by Crippen LogP contribution is 2.42. The molecule has 49 heavy (non-hydrogen) atoms. The number of aromatic nitrogens is 3. The lowest BCUT2D eigenvalue weighted by molar-refractivity contribution is 1.05. The van der Waals surface area contributed by atoms with Crippen LogP contribution in [0.2, 0.25) is 0 Å². The summed E-state index contributed by atoms with van der Waals surface area (Å²) in [6.07, 6.45) is 8.71. The first-order valence-corrected chi connectivity index (χ1v) is 17.5. The van der Waals surface area contributed by atoms with Crippen LogP contribution in [0.4, 0.5) is 0 Å². The molecule has 0 atom stereocenters. The van der Waals surface area contributed by atoms with Crippen molar-refractivity contribution in [2.75, 3.05) is 0 Å². The fraction of sp³-hybridized carbons (Fsp3) is 0.0444. The van der Waals surface area contributed by atoms with Crippen LogP contribution in [0.5, 0.6) is 0 Å². The first-order valence-electron chi connectivity index (χ1n) is 16.7. The van der Waals surface area contributed by atoms with E-state index in [1.165, 1.54) is 48.0 Å². The summed E-state index contributed by atoms with van der Waals surface area (Å²) in [7, 11) is 0. The van der Waals surface area contributed by atoms with E-state index >= 15 is 0 Å². The third-order valence-electron chi connectivity index (χ3n) is 9.23. The van der Waals surface area contributed by atoms with Crippen molar-refractivity contribution in [2.24, 2.45) is 0 Å².